The molecule has 11 nitrogen and oxygen atoms in total. The van der Waals surface area contributed by atoms with Crippen molar-refractivity contribution in [3.8, 4) is 17.6 Å². The largest absolute Gasteiger partial charge is 0.389 e. The van der Waals surface area contributed by atoms with Gasteiger partial charge in [-0.25, -0.2) is 4.98 Å². The minimum atomic E-state index is -0.614. The highest BCUT2D eigenvalue weighted by atomic mass is 32.1. The lowest BCUT2D eigenvalue weighted by Crippen LogP contribution is -2.48. The molecule has 0 bridgehead atoms. The Morgan fingerprint density at radius 2 is 1.91 bits per heavy atom. The van der Waals surface area contributed by atoms with E-state index in [2.05, 4.69) is 59.3 Å². The van der Waals surface area contributed by atoms with Gasteiger partial charge in [0, 0.05) is 74.6 Å². The quantitative estimate of drug-likeness (QED) is 0.416. The molecular formula is C31H39N9O2S. The maximum Gasteiger partial charge on any atom is 0.246 e. The minimum absolute atomic E-state index is 0.0374. The van der Waals surface area contributed by atoms with Crippen LogP contribution in [0.25, 0.3) is 11.5 Å². The molecular weight excluding hydrogens is 562 g/mol. The zero-order chi connectivity index (χ0) is 30.3. The van der Waals surface area contributed by atoms with Gasteiger partial charge in [-0.2, -0.15) is 10.2 Å². The van der Waals surface area contributed by atoms with Crippen molar-refractivity contribution in [2.45, 2.75) is 44.9 Å². The van der Waals surface area contributed by atoms with Crippen molar-refractivity contribution < 1.29 is 9.32 Å². The van der Waals surface area contributed by atoms with Gasteiger partial charge in [-0.15, -0.1) is 11.3 Å². The van der Waals surface area contributed by atoms with Gasteiger partial charge in [0.1, 0.15) is 22.6 Å². The molecule has 3 aliphatic rings. The smallest absolute Gasteiger partial charge is 0.246 e. The molecule has 0 aromatic carbocycles. The van der Waals surface area contributed by atoms with E-state index in [0.717, 1.165) is 67.5 Å². The van der Waals surface area contributed by atoms with Crippen molar-refractivity contribution >= 4 is 33.8 Å². The van der Waals surface area contributed by atoms with Crippen molar-refractivity contribution in [2.24, 2.45) is 0 Å². The summed E-state index contributed by atoms with van der Waals surface area (Å²) in [5.41, 5.74) is 8.79. The molecule has 2 fully saturated rings. The van der Waals surface area contributed by atoms with Gasteiger partial charge in [0.15, 0.2) is 0 Å². The summed E-state index contributed by atoms with van der Waals surface area (Å²) < 4.78 is 5.98. The molecule has 226 valence electrons. The number of amides is 1. The number of fused-ring (bicyclic) bond motifs is 1. The van der Waals surface area contributed by atoms with Gasteiger partial charge in [-0.1, -0.05) is 25.6 Å². The third-order valence-corrected chi connectivity index (χ3v) is 10.6. The fraction of sp³-hybridized carbons (Fsp3) is 0.516. The van der Waals surface area contributed by atoms with Crippen LogP contribution in [-0.4, -0.2) is 89.7 Å². The summed E-state index contributed by atoms with van der Waals surface area (Å²) in [7, 11) is 0. The van der Waals surface area contributed by atoms with Gasteiger partial charge < -0.3 is 29.9 Å². The number of nitrogens with zero attached hydrogens (tertiary/aromatic N) is 8. The number of hydrogen-bond acceptors (Lipinski definition) is 11. The first kappa shape index (κ1) is 29.1. The van der Waals surface area contributed by atoms with E-state index in [1.54, 1.807) is 0 Å². The Morgan fingerprint density at radius 3 is 2.58 bits per heavy atom. The summed E-state index contributed by atoms with van der Waals surface area (Å²) in [5.74, 6) is 2.07. The second kappa shape index (κ2) is 11.6. The molecule has 3 aromatic rings. The van der Waals surface area contributed by atoms with E-state index in [-0.39, 0.29) is 5.91 Å². The van der Waals surface area contributed by atoms with Gasteiger partial charge in [0.05, 0.1) is 11.0 Å². The van der Waals surface area contributed by atoms with Crippen LogP contribution in [0.4, 0.5) is 16.5 Å². The van der Waals surface area contributed by atoms with Crippen molar-refractivity contribution in [1.29, 1.82) is 5.26 Å². The average molecular weight is 602 g/mol. The molecule has 12 heteroatoms. The van der Waals surface area contributed by atoms with Gasteiger partial charge in [-0.3, -0.25) is 4.79 Å². The van der Waals surface area contributed by atoms with Crippen LogP contribution < -0.4 is 15.5 Å². The summed E-state index contributed by atoms with van der Waals surface area (Å²) in [6, 6.07) is 6.49. The first-order valence-corrected chi connectivity index (χ1v) is 15.9. The Hall–Kier alpha value is -3.95. The number of anilines is 3. The standard InChI is InChI=1S/C31H39N9O2S/c1-5-25(41)40-15-13-38(14-16-40)21-17-23(34-24(18-21)39-11-9-37(6-2)10-12-39)29-35-30(42-36-29)31(4)8-7-20(3)27-26(31)22(19-32)28(33)43-27/h5,17-18,20H,1,6-16,33H2,2-4H3. The number of aromatic nitrogens is 3. The van der Waals surface area contributed by atoms with Crippen molar-refractivity contribution in [3.05, 3.63) is 46.7 Å². The van der Waals surface area contributed by atoms with Crippen LogP contribution in [0.3, 0.4) is 0 Å². The molecule has 1 aliphatic carbocycles. The lowest BCUT2D eigenvalue weighted by molar-refractivity contribution is -0.126. The zero-order valence-corrected chi connectivity index (χ0v) is 26.0. The van der Waals surface area contributed by atoms with Crippen LogP contribution in [0.1, 0.15) is 61.4 Å². The second-order valence-corrected chi connectivity index (χ2v) is 13.0. The molecule has 43 heavy (non-hydrogen) atoms. The summed E-state index contributed by atoms with van der Waals surface area (Å²) in [4.78, 5) is 32.2. The summed E-state index contributed by atoms with van der Waals surface area (Å²) in [6.45, 7) is 17.5. The number of likely N-dealkylation sites (N-methyl/N-ethyl adjacent to an activating group) is 1. The van der Waals surface area contributed by atoms with Crippen molar-refractivity contribution in [3.63, 3.8) is 0 Å². The Bertz CT molecular complexity index is 1560. The molecule has 2 atom stereocenters. The fourth-order valence-electron chi connectivity index (χ4n) is 6.57. The number of thiophene rings is 1. The van der Waals surface area contributed by atoms with Crippen LogP contribution in [0.2, 0.25) is 0 Å². The van der Waals surface area contributed by atoms with Crippen LogP contribution >= 0.6 is 11.3 Å². The molecule has 0 spiro atoms. The van der Waals surface area contributed by atoms with Gasteiger partial charge in [-0.05, 0) is 44.4 Å². The number of nitrogen functional groups attached to an aromatic ring is 1. The van der Waals surface area contributed by atoms with Crippen LogP contribution in [0.5, 0.6) is 0 Å². The third-order valence-electron chi connectivity index (χ3n) is 9.35. The van der Waals surface area contributed by atoms with Crippen LogP contribution in [-0.2, 0) is 10.2 Å². The predicted molar refractivity (Wildman–Crippen MR) is 168 cm³/mol. The van der Waals surface area contributed by atoms with E-state index in [1.165, 1.54) is 17.4 Å². The van der Waals surface area contributed by atoms with Gasteiger partial charge in [0.25, 0.3) is 0 Å². The molecule has 1 amide bonds. The summed E-state index contributed by atoms with van der Waals surface area (Å²) >= 11 is 1.50. The van der Waals surface area contributed by atoms with E-state index >= 15 is 0 Å². The minimum Gasteiger partial charge on any atom is -0.389 e. The van der Waals surface area contributed by atoms with E-state index in [9.17, 15) is 10.1 Å². The Balaban J connectivity index is 1.36. The van der Waals surface area contributed by atoms with Crippen LogP contribution in [0.15, 0.2) is 29.3 Å². The number of rotatable bonds is 6. The summed E-state index contributed by atoms with van der Waals surface area (Å²) in [5, 5.41) is 15.0. The molecule has 0 saturated carbocycles. The van der Waals surface area contributed by atoms with E-state index in [0.29, 0.717) is 60.1 Å². The number of nitrogens with two attached hydrogens (primary N) is 1. The molecule has 2 saturated heterocycles. The average Bonchev–Trinajstić information content (AvgIpc) is 3.68. The zero-order valence-electron chi connectivity index (χ0n) is 25.2. The van der Waals surface area contributed by atoms with Crippen LogP contribution in [0, 0.1) is 11.3 Å². The Morgan fingerprint density at radius 1 is 1.19 bits per heavy atom. The van der Waals surface area contributed by atoms with Crippen molar-refractivity contribution in [1.82, 2.24) is 24.9 Å². The van der Waals surface area contributed by atoms with E-state index in [1.807, 2.05) is 11.0 Å². The predicted octanol–water partition coefficient (Wildman–Crippen LogP) is 3.83. The monoisotopic (exact) mass is 601 g/mol. The first-order valence-electron chi connectivity index (χ1n) is 15.1. The third kappa shape index (κ3) is 5.25. The highest BCUT2D eigenvalue weighted by Crippen LogP contribution is 2.52. The maximum atomic E-state index is 12.2. The highest BCUT2D eigenvalue weighted by molar-refractivity contribution is 7.16. The molecule has 6 rings (SSSR count). The molecule has 3 aromatic heterocycles. The number of nitriles is 1. The van der Waals surface area contributed by atoms with E-state index < -0.39 is 5.41 Å². The molecule has 2 unspecified atom stereocenters. The SMILES string of the molecule is C=CC(=O)N1CCN(c2cc(-c3noc(C4(C)CCC(C)c5sc(N)c(C#N)c54)n3)nc(N3CCN(CC)CC3)c2)CC1. The number of hydrogen-bond donors (Lipinski definition) is 1. The molecule has 0 radical (unpaired) electrons. The molecule has 2 N–H and O–H groups in total. The number of carbonyl (C=O) groups excluding carboxylic acids is 1. The first-order chi connectivity index (χ1) is 20.7. The normalized spacial score (nSPS) is 22.7. The highest BCUT2D eigenvalue weighted by Gasteiger charge is 2.45. The Kier molecular flexibility index (Phi) is 7.87. The number of piperazine rings is 2. The van der Waals surface area contributed by atoms with Gasteiger partial charge >= 0.3 is 0 Å². The molecule has 5 heterocycles. The number of pyridine rings is 1. The number of carbonyl (C=O) groups is 1. The van der Waals surface area contributed by atoms with Gasteiger partial charge in [0.2, 0.25) is 17.6 Å². The maximum absolute atomic E-state index is 12.2. The summed E-state index contributed by atoms with van der Waals surface area (Å²) in [6.07, 6.45) is 3.10. The lowest BCUT2D eigenvalue weighted by atomic mass is 9.69. The lowest BCUT2D eigenvalue weighted by Gasteiger charge is -2.37. The fourth-order valence-corrected chi connectivity index (χ4v) is 7.80. The van der Waals surface area contributed by atoms with Crippen molar-refractivity contribution in [2.75, 3.05) is 74.4 Å². The Labute approximate surface area is 256 Å². The second-order valence-electron chi connectivity index (χ2n) is 11.9. The van der Waals surface area contributed by atoms with E-state index in [4.69, 9.17) is 20.2 Å². The molecule has 2 aliphatic heterocycles. The topological polar surface area (TPSA) is 132 Å².